The van der Waals surface area contributed by atoms with E-state index in [9.17, 15) is 12.8 Å². The number of sulfonamides is 1. The molecule has 0 bridgehead atoms. The SMILES string of the molecule is CNCc1cc(S(=O)(=O)NCCC2CCCC2)ccc1F. The van der Waals surface area contributed by atoms with E-state index >= 15 is 0 Å². The van der Waals surface area contributed by atoms with Gasteiger partial charge in [0.2, 0.25) is 10.0 Å². The fraction of sp³-hybridized carbons (Fsp3) is 0.600. The van der Waals surface area contributed by atoms with Crippen LogP contribution in [0.2, 0.25) is 0 Å². The minimum absolute atomic E-state index is 0.126. The molecule has 0 saturated heterocycles. The van der Waals surface area contributed by atoms with Crippen molar-refractivity contribution in [2.45, 2.75) is 43.5 Å². The molecule has 2 N–H and O–H groups in total. The average molecular weight is 314 g/mol. The summed E-state index contributed by atoms with van der Waals surface area (Å²) in [5.41, 5.74) is 0.358. The highest BCUT2D eigenvalue weighted by Gasteiger charge is 2.18. The van der Waals surface area contributed by atoms with Gasteiger partial charge < -0.3 is 5.32 Å². The molecule has 1 aromatic carbocycles. The van der Waals surface area contributed by atoms with Crippen molar-refractivity contribution in [2.75, 3.05) is 13.6 Å². The molecule has 0 aromatic heterocycles. The molecular formula is C15H23FN2O2S. The average Bonchev–Trinajstić information content (AvgIpc) is 2.94. The van der Waals surface area contributed by atoms with Crippen LogP contribution in [0.25, 0.3) is 0 Å². The van der Waals surface area contributed by atoms with Gasteiger partial charge in [-0.05, 0) is 37.6 Å². The Bertz CT molecular complexity index is 569. The van der Waals surface area contributed by atoms with E-state index in [4.69, 9.17) is 0 Å². The van der Waals surface area contributed by atoms with Crippen LogP contribution < -0.4 is 10.0 Å². The molecule has 0 atom stereocenters. The second kappa shape index (κ2) is 7.33. The van der Waals surface area contributed by atoms with Crippen molar-refractivity contribution in [3.8, 4) is 0 Å². The van der Waals surface area contributed by atoms with Crippen LogP contribution in [0.4, 0.5) is 4.39 Å². The maximum absolute atomic E-state index is 13.5. The molecule has 1 aromatic rings. The van der Waals surface area contributed by atoms with E-state index in [0.29, 0.717) is 24.6 Å². The first-order valence-electron chi connectivity index (χ1n) is 7.45. The minimum Gasteiger partial charge on any atom is -0.316 e. The first-order chi connectivity index (χ1) is 10.0. The zero-order valence-corrected chi connectivity index (χ0v) is 13.2. The maximum atomic E-state index is 13.5. The van der Waals surface area contributed by atoms with Crippen LogP contribution >= 0.6 is 0 Å². The predicted molar refractivity (Wildman–Crippen MR) is 80.9 cm³/mol. The van der Waals surface area contributed by atoms with Crippen LogP contribution in [0, 0.1) is 11.7 Å². The molecule has 0 spiro atoms. The summed E-state index contributed by atoms with van der Waals surface area (Å²) in [5.74, 6) is 0.245. The van der Waals surface area contributed by atoms with E-state index in [-0.39, 0.29) is 4.90 Å². The van der Waals surface area contributed by atoms with E-state index < -0.39 is 15.8 Å². The highest BCUT2D eigenvalue weighted by molar-refractivity contribution is 7.89. The van der Waals surface area contributed by atoms with E-state index in [0.717, 1.165) is 6.42 Å². The Morgan fingerprint density at radius 1 is 1.29 bits per heavy atom. The molecule has 118 valence electrons. The molecule has 2 rings (SSSR count). The van der Waals surface area contributed by atoms with Crippen molar-refractivity contribution in [1.82, 2.24) is 10.0 Å². The molecule has 1 aliphatic rings. The third kappa shape index (κ3) is 4.49. The first-order valence-corrected chi connectivity index (χ1v) is 8.94. The van der Waals surface area contributed by atoms with E-state index in [1.54, 1.807) is 7.05 Å². The van der Waals surface area contributed by atoms with Gasteiger partial charge >= 0.3 is 0 Å². The maximum Gasteiger partial charge on any atom is 0.240 e. The largest absolute Gasteiger partial charge is 0.316 e. The van der Waals surface area contributed by atoms with Crippen LogP contribution in [0.15, 0.2) is 23.1 Å². The van der Waals surface area contributed by atoms with Gasteiger partial charge in [-0.15, -0.1) is 0 Å². The summed E-state index contributed by atoms with van der Waals surface area (Å²) in [6.45, 7) is 0.753. The molecule has 0 amide bonds. The second-order valence-electron chi connectivity index (χ2n) is 5.62. The van der Waals surface area contributed by atoms with Gasteiger partial charge in [0.1, 0.15) is 5.82 Å². The molecular weight excluding hydrogens is 291 g/mol. The summed E-state index contributed by atoms with van der Waals surface area (Å²) < 4.78 is 40.6. The summed E-state index contributed by atoms with van der Waals surface area (Å²) in [5, 5.41) is 2.83. The molecule has 4 nitrogen and oxygen atoms in total. The normalized spacial score (nSPS) is 16.5. The standard InChI is InChI=1S/C15H23FN2O2S/c1-17-11-13-10-14(6-7-15(13)16)21(19,20)18-9-8-12-4-2-3-5-12/h6-7,10,12,17-18H,2-5,8-9,11H2,1H3. The molecule has 1 aliphatic carbocycles. The summed E-state index contributed by atoms with van der Waals surface area (Å²) in [4.78, 5) is 0.126. The van der Waals surface area contributed by atoms with Crippen LogP contribution in [0.1, 0.15) is 37.7 Å². The van der Waals surface area contributed by atoms with Gasteiger partial charge in [0.15, 0.2) is 0 Å². The van der Waals surface area contributed by atoms with Gasteiger partial charge in [-0.25, -0.2) is 17.5 Å². The number of hydrogen-bond acceptors (Lipinski definition) is 3. The molecule has 0 aliphatic heterocycles. The predicted octanol–water partition coefficient (Wildman–Crippen LogP) is 2.40. The van der Waals surface area contributed by atoms with Crippen molar-refractivity contribution < 1.29 is 12.8 Å². The van der Waals surface area contributed by atoms with E-state index in [1.807, 2.05) is 0 Å². The molecule has 21 heavy (non-hydrogen) atoms. The van der Waals surface area contributed by atoms with Crippen LogP contribution in [-0.2, 0) is 16.6 Å². The summed E-state index contributed by atoms with van der Waals surface area (Å²) in [6.07, 6.45) is 5.78. The number of benzene rings is 1. The first kappa shape index (κ1) is 16.4. The van der Waals surface area contributed by atoms with Crippen LogP contribution in [0.5, 0.6) is 0 Å². The summed E-state index contributed by atoms with van der Waals surface area (Å²) >= 11 is 0. The van der Waals surface area contributed by atoms with Gasteiger partial charge in [0.05, 0.1) is 4.90 Å². The van der Waals surface area contributed by atoms with Gasteiger partial charge in [-0.2, -0.15) is 0 Å². The highest BCUT2D eigenvalue weighted by atomic mass is 32.2. The Morgan fingerprint density at radius 3 is 2.67 bits per heavy atom. The summed E-state index contributed by atoms with van der Waals surface area (Å²) in [7, 11) is -1.86. The van der Waals surface area contributed by atoms with E-state index in [1.165, 1.54) is 43.9 Å². The number of halogens is 1. The van der Waals surface area contributed by atoms with E-state index in [2.05, 4.69) is 10.0 Å². The minimum atomic E-state index is -3.55. The van der Waals surface area contributed by atoms with Crippen LogP contribution in [0.3, 0.4) is 0 Å². The number of nitrogens with one attached hydrogen (secondary N) is 2. The monoisotopic (exact) mass is 314 g/mol. The van der Waals surface area contributed by atoms with Crippen LogP contribution in [-0.4, -0.2) is 22.0 Å². The van der Waals surface area contributed by atoms with Crippen molar-refractivity contribution >= 4 is 10.0 Å². The Morgan fingerprint density at radius 2 is 2.00 bits per heavy atom. The number of hydrogen-bond donors (Lipinski definition) is 2. The highest BCUT2D eigenvalue weighted by Crippen LogP contribution is 2.27. The molecule has 1 saturated carbocycles. The van der Waals surface area contributed by atoms with Crippen molar-refractivity contribution in [1.29, 1.82) is 0 Å². The summed E-state index contributed by atoms with van der Waals surface area (Å²) in [6, 6.07) is 3.91. The Labute approximate surface area is 126 Å². The lowest BCUT2D eigenvalue weighted by molar-refractivity contribution is 0.495. The van der Waals surface area contributed by atoms with Gasteiger partial charge in [-0.1, -0.05) is 25.7 Å². The van der Waals surface area contributed by atoms with Gasteiger partial charge in [0, 0.05) is 18.7 Å². The zero-order valence-electron chi connectivity index (χ0n) is 12.4. The fourth-order valence-electron chi connectivity index (χ4n) is 2.82. The van der Waals surface area contributed by atoms with Crippen molar-refractivity contribution in [2.24, 2.45) is 5.92 Å². The third-order valence-corrected chi connectivity index (χ3v) is 5.47. The molecule has 6 heteroatoms. The second-order valence-corrected chi connectivity index (χ2v) is 7.39. The Kier molecular flexibility index (Phi) is 5.72. The lowest BCUT2D eigenvalue weighted by atomic mass is 10.1. The lowest BCUT2D eigenvalue weighted by Crippen LogP contribution is -2.26. The Hall–Kier alpha value is -0.980. The van der Waals surface area contributed by atoms with Gasteiger partial charge in [-0.3, -0.25) is 0 Å². The Balaban J connectivity index is 1.99. The van der Waals surface area contributed by atoms with Crippen molar-refractivity contribution in [3.05, 3.63) is 29.6 Å². The quantitative estimate of drug-likeness (QED) is 0.812. The lowest BCUT2D eigenvalue weighted by Gasteiger charge is -2.11. The fourth-order valence-corrected chi connectivity index (χ4v) is 3.92. The third-order valence-electron chi connectivity index (χ3n) is 4.01. The zero-order chi connectivity index (χ0) is 15.3. The molecule has 0 radical (unpaired) electrons. The molecule has 1 fully saturated rings. The smallest absolute Gasteiger partial charge is 0.240 e. The topological polar surface area (TPSA) is 58.2 Å². The number of rotatable bonds is 7. The van der Waals surface area contributed by atoms with Gasteiger partial charge in [0.25, 0.3) is 0 Å². The van der Waals surface area contributed by atoms with Crippen molar-refractivity contribution in [3.63, 3.8) is 0 Å². The molecule has 0 heterocycles. The molecule has 0 unspecified atom stereocenters.